The summed E-state index contributed by atoms with van der Waals surface area (Å²) in [6, 6.07) is 7.53. The molecule has 0 saturated carbocycles. The Morgan fingerprint density at radius 1 is 1.26 bits per heavy atom. The molecular formula is C15H20N2O2. The highest BCUT2D eigenvalue weighted by Crippen LogP contribution is 2.24. The summed E-state index contributed by atoms with van der Waals surface area (Å²) in [7, 11) is 0. The summed E-state index contributed by atoms with van der Waals surface area (Å²) in [4.78, 5) is 4.07. The second-order valence-corrected chi connectivity index (χ2v) is 4.74. The predicted octanol–water partition coefficient (Wildman–Crippen LogP) is 2.77. The lowest BCUT2D eigenvalue weighted by atomic mass is 10.1. The van der Waals surface area contributed by atoms with E-state index in [9.17, 15) is 5.11 Å². The molecule has 1 atom stereocenters. The third kappa shape index (κ3) is 3.15. The van der Waals surface area contributed by atoms with E-state index in [0.717, 1.165) is 23.6 Å². The van der Waals surface area contributed by atoms with Gasteiger partial charge in [-0.25, -0.2) is 4.98 Å². The van der Waals surface area contributed by atoms with Gasteiger partial charge in [-0.05, 0) is 38.5 Å². The molecule has 1 N–H and O–H groups in total. The van der Waals surface area contributed by atoms with Crippen LogP contribution in [-0.2, 0) is 6.54 Å². The first-order valence-electron chi connectivity index (χ1n) is 6.56. The molecule has 4 heteroatoms. The third-order valence-corrected chi connectivity index (χ3v) is 2.93. The fourth-order valence-corrected chi connectivity index (χ4v) is 1.99. The summed E-state index contributed by atoms with van der Waals surface area (Å²) >= 11 is 0. The average Bonchev–Trinajstić information content (AvgIpc) is 2.86. The van der Waals surface area contributed by atoms with Crippen LogP contribution in [0.1, 0.15) is 38.1 Å². The highest BCUT2D eigenvalue weighted by Gasteiger charge is 2.14. The van der Waals surface area contributed by atoms with Crippen LogP contribution in [0.25, 0.3) is 0 Å². The molecule has 0 fully saturated rings. The SMILES string of the molecule is CCn1cncc1C(O)c1ccc(OC(C)C)cc1. The van der Waals surface area contributed by atoms with Gasteiger partial charge in [0.15, 0.2) is 0 Å². The van der Waals surface area contributed by atoms with Crippen LogP contribution in [0.3, 0.4) is 0 Å². The predicted molar refractivity (Wildman–Crippen MR) is 74.2 cm³/mol. The van der Waals surface area contributed by atoms with Crippen molar-refractivity contribution in [2.45, 2.75) is 39.5 Å². The number of imidazole rings is 1. The summed E-state index contributed by atoms with van der Waals surface area (Å²) in [6.07, 6.45) is 2.93. The Bertz CT molecular complexity index is 517. The van der Waals surface area contributed by atoms with Crippen molar-refractivity contribution in [2.24, 2.45) is 0 Å². The van der Waals surface area contributed by atoms with Gasteiger partial charge in [0, 0.05) is 6.54 Å². The summed E-state index contributed by atoms with van der Waals surface area (Å²) in [5.41, 5.74) is 1.64. The number of hydrogen-bond acceptors (Lipinski definition) is 3. The molecule has 2 rings (SSSR count). The molecule has 0 amide bonds. The maximum absolute atomic E-state index is 10.4. The van der Waals surface area contributed by atoms with E-state index in [1.54, 1.807) is 12.5 Å². The summed E-state index contributed by atoms with van der Waals surface area (Å²) in [5.74, 6) is 0.815. The lowest BCUT2D eigenvalue weighted by molar-refractivity contribution is 0.209. The zero-order chi connectivity index (χ0) is 13.8. The van der Waals surface area contributed by atoms with Gasteiger partial charge in [-0.15, -0.1) is 0 Å². The number of nitrogens with zero attached hydrogens (tertiary/aromatic N) is 2. The molecule has 0 aliphatic carbocycles. The Balaban J connectivity index is 2.18. The number of aliphatic hydroxyl groups is 1. The molecule has 0 spiro atoms. The average molecular weight is 260 g/mol. The summed E-state index contributed by atoms with van der Waals surface area (Å²) in [6.45, 7) is 6.80. The third-order valence-electron chi connectivity index (χ3n) is 2.93. The highest BCUT2D eigenvalue weighted by molar-refractivity contribution is 5.31. The largest absolute Gasteiger partial charge is 0.491 e. The second kappa shape index (κ2) is 5.89. The Morgan fingerprint density at radius 2 is 1.95 bits per heavy atom. The zero-order valence-electron chi connectivity index (χ0n) is 11.6. The fraction of sp³-hybridized carbons (Fsp3) is 0.400. The van der Waals surface area contributed by atoms with Crippen molar-refractivity contribution in [1.82, 2.24) is 9.55 Å². The number of aryl methyl sites for hydroxylation is 1. The van der Waals surface area contributed by atoms with Crippen LogP contribution < -0.4 is 4.74 Å². The van der Waals surface area contributed by atoms with E-state index in [1.165, 1.54) is 0 Å². The van der Waals surface area contributed by atoms with Crippen molar-refractivity contribution < 1.29 is 9.84 Å². The van der Waals surface area contributed by atoms with E-state index in [2.05, 4.69) is 4.98 Å². The van der Waals surface area contributed by atoms with Crippen LogP contribution in [0.2, 0.25) is 0 Å². The van der Waals surface area contributed by atoms with Gasteiger partial charge in [-0.2, -0.15) is 0 Å². The highest BCUT2D eigenvalue weighted by atomic mass is 16.5. The van der Waals surface area contributed by atoms with Crippen LogP contribution in [0.5, 0.6) is 5.75 Å². The van der Waals surface area contributed by atoms with Crippen molar-refractivity contribution in [1.29, 1.82) is 0 Å². The summed E-state index contributed by atoms with van der Waals surface area (Å²) < 4.78 is 7.52. The molecule has 1 unspecified atom stereocenters. The van der Waals surface area contributed by atoms with Crippen molar-refractivity contribution in [3.63, 3.8) is 0 Å². The lowest BCUT2D eigenvalue weighted by Gasteiger charge is -2.14. The van der Waals surface area contributed by atoms with Crippen molar-refractivity contribution in [3.8, 4) is 5.75 Å². The van der Waals surface area contributed by atoms with Crippen LogP contribution >= 0.6 is 0 Å². The molecule has 0 bridgehead atoms. The normalized spacial score (nSPS) is 12.7. The molecule has 0 aliphatic rings. The fourth-order valence-electron chi connectivity index (χ4n) is 1.99. The standard InChI is InChI=1S/C15H20N2O2/c1-4-17-10-16-9-14(17)15(18)12-5-7-13(8-6-12)19-11(2)3/h5-11,15,18H,4H2,1-3H3. The van der Waals surface area contributed by atoms with Crippen LogP contribution in [-0.4, -0.2) is 20.8 Å². The minimum Gasteiger partial charge on any atom is -0.491 e. The number of hydrogen-bond donors (Lipinski definition) is 1. The molecule has 1 aromatic carbocycles. The Labute approximate surface area is 113 Å². The number of rotatable bonds is 5. The van der Waals surface area contributed by atoms with E-state index in [1.807, 2.05) is 49.6 Å². The molecule has 0 saturated heterocycles. The number of ether oxygens (including phenoxy) is 1. The van der Waals surface area contributed by atoms with Gasteiger partial charge in [-0.3, -0.25) is 0 Å². The Kier molecular flexibility index (Phi) is 4.22. The topological polar surface area (TPSA) is 47.3 Å². The smallest absolute Gasteiger partial charge is 0.121 e. The van der Waals surface area contributed by atoms with Gasteiger partial charge in [0.2, 0.25) is 0 Å². The van der Waals surface area contributed by atoms with E-state index in [4.69, 9.17) is 4.74 Å². The van der Waals surface area contributed by atoms with Crippen LogP contribution in [0.15, 0.2) is 36.8 Å². The van der Waals surface area contributed by atoms with Crippen LogP contribution in [0, 0.1) is 0 Å². The molecule has 19 heavy (non-hydrogen) atoms. The first-order valence-corrected chi connectivity index (χ1v) is 6.56. The number of benzene rings is 1. The maximum atomic E-state index is 10.4. The van der Waals surface area contributed by atoms with Gasteiger partial charge in [0.05, 0.1) is 24.3 Å². The van der Waals surface area contributed by atoms with Gasteiger partial charge >= 0.3 is 0 Å². The zero-order valence-corrected chi connectivity index (χ0v) is 11.6. The van der Waals surface area contributed by atoms with Gasteiger partial charge in [-0.1, -0.05) is 12.1 Å². The molecule has 0 aliphatic heterocycles. The monoisotopic (exact) mass is 260 g/mol. The molecular weight excluding hydrogens is 240 g/mol. The quantitative estimate of drug-likeness (QED) is 0.899. The molecule has 2 aromatic rings. The number of aliphatic hydroxyl groups excluding tert-OH is 1. The van der Waals surface area contributed by atoms with E-state index in [0.29, 0.717) is 0 Å². The van der Waals surface area contributed by atoms with Crippen LogP contribution in [0.4, 0.5) is 0 Å². The van der Waals surface area contributed by atoms with Gasteiger partial charge in [0.1, 0.15) is 11.9 Å². The molecule has 4 nitrogen and oxygen atoms in total. The molecule has 102 valence electrons. The first-order chi connectivity index (χ1) is 9.11. The number of aromatic nitrogens is 2. The molecule has 1 heterocycles. The molecule has 1 aromatic heterocycles. The minimum absolute atomic E-state index is 0.150. The van der Waals surface area contributed by atoms with E-state index < -0.39 is 6.10 Å². The van der Waals surface area contributed by atoms with Crippen molar-refractivity contribution in [2.75, 3.05) is 0 Å². The summed E-state index contributed by atoms with van der Waals surface area (Å²) in [5, 5.41) is 10.4. The minimum atomic E-state index is -0.657. The lowest BCUT2D eigenvalue weighted by Crippen LogP contribution is -2.08. The Hall–Kier alpha value is -1.81. The van der Waals surface area contributed by atoms with E-state index in [-0.39, 0.29) is 6.10 Å². The first kappa shape index (κ1) is 13.6. The second-order valence-electron chi connectivity index (χ2n) is 4.74. The Morgan fingerprint density at radius 3 is 2.53 bits per heavy atom. The van der Waals surface area contributed by atoms with Gasteiger partial charge < -0.3 is 14.4 Å². The van der Waals surface area contributed by atoms with Crippen molar-refractivity contribution in [3.05, 3.63) is 48.0 Å². The molecule has 0 radical (unpaired) electrons. The maximum Gasteiger partial charge on any atom is 0.121 e. The van der Waals surface area contributed by atoms with E-state index >= 15 is 0 Å². The van der Waals surface area contributed by atoms with Gasteiger partial charge in [0.25, 0.3) is 0 Å². The van der Waals surface area contributed by atoms with Crippen molar-refractivity contribution >= 4 is 0 Å².